The molecule has 14 heavy (non-hydrogen) atoms. The molecule has 0 bridgehead atoms. The number of H-pyrrole nitrogens is 1. The maximum atomic E-state index is 3.26. The SMILES string of the molecule is CCCCCCCc1[nH]cc[n+]1C.[Cl-]. The number of aromatic amines is 1. The van der Waals surface area contributed by atoms with E-state index in [1.165, 1.54) is 44.3 Å². The molecule has 0 aliphatic heterocycles. The Morgan fingerprint density at radius 1 is 1.21 bits per heavy atom. The normalized spacial score (nSPS) is 9.86. The first-order valence-electron chi connectivity index (χ1n) is 5.36. The van der Waals surface area contributed by atoms with Crippen LogP contribution in [0.2, 0.25) is 0 Å². The van der Waals surface area contributed by atoms with Crippen molar-refractivity contribution in [3.63, 3.8) is 0 Å². The number of aryl methyl sites for hydroxylation is 2. The smallest absolute Gasteiger partial charge is 0.253 e. The second kappa shape index (κ2) is 7.86. The highest BCUT2D eigenvalue weighted by Gasteiger charge is 2.04. The number of hydrogen-bond donors (Lipinski definition) is 1. The molecule has 1 aromatic rings. The van der Waals surface area contributed by atoms with Crippen LogP contribution in [-0.2, 0) is 13.5 Å². The van der Waals surface area contributed by atoms with Gasteiger partial charge < -0.3 is 12.4 Å². The number of aromatic nitrogens is 2. The first kappa shape index (κ1) is 13.5. The van der Waals surface area contributed by atoms with Crippen molar-refractivity contribution in [2.24, 2.45) is 7.05 Å². The van der Waals surface area contributed by atoms with Crippen LogP contribution in [0.15, 0.2) is 12.4 Å². The molecule has 82 valence electrons. The van der Waals surface area contributed by atoms with E-state index < -0.39 is 0 Å². The molecule has 0 radical (unpaired) electrons. The molecule has 1 N–H and O–H groups in total. The highest BCUT2D eigenvalue weighted by atomic mass is 35.5. The first-order valence-corrected chi connectivity index (χ1v) is 5.36. The van der Waals surface area contributed by atoms with Gasteiger partial charge in [-0.15, -0.1) is 0 Å². The third-order valence-electron chi connectivity index (χ3n) is 2.49. The van der Waals surface area contributed by atoms with Gasteiger partial charge in [-0.2, -0.15) is 0 Å². The van der Waals surface area contributed by atoms with Gasteiger partial charge in [0.2, 0.25) is 0 Å². The zero-order valence-electron chi connectivity index (χ0n) is 9.22. The van der Waals surface area contributed by atoms with Crippen LogP contribution in [0.5, 0.6) is 0 Å². The van der Waals surface area contributed by atoms with E-state index in [1.807, 2.05) is 6.20 Å². The van der Waals surface area contributed by atoms with Crippen molar-refractivity contribution in [3.8, 4) is 0 Å². The fourth-order valence-corrected chi connectivity index (χ4v) is 1.58. The van der Waals surface area contributed by atoms with Crippen molar-refractivity contribution in [2.45, 2.75) is 45.4 Å². The molecule has 0 saturated heterocycles. The van der Waals surface area contributed by atoms with Gasteiger partial charge in [0.05, 0.1) is 7.05 Å². The van der Waals surface area contributed by atoms with E-state index in [1.54, 1.807) is 0 Å². The summed E-state index contributed by atoms with van der Waals surface area (Å²) in [6.07, 6.45) is 12.0. The standard InChI is InChI=1S/C11H20N2.ClH/c1-3-4-5-6-7-8-11-12-9-10-13(11)2;/h9-10H,3-8H2,1-2H3;1H. The molecular formula is C11H21ClN2. The molecule has 0 saturated carbocycles. The quantitative estimate of drug-likeness (QED) is 0.482. The molecule has 2 nitrogen and oxygen atoms in total. The third kappa shape index (κ3) is 4.66. The summed E-state index contributed by atoms with van der Waals surface area (Å²) in [5.41, 5.74) is 0. The number of nitrogens with zero attached hydrogens (tertiary/aromatic N) is 1. The summed E-state index contributed by atoms with van der Waals surface area (Å²) >= 11 is 0. The predicted octanol–water partition coefficient (Wildman–Crippen LogP) is -0.644. The lowest BCUT2D eigenvalue weighted by atomic mass is 10.1. The Labute approximate surface area is 93.1 Å². The van der Waals surface area contributed by atoms with Crippen molar-refractivity contribution in [3.05, 3.63) is 18.2 Å². The molecule has 1 rings (SSSR count). The van der Waals surface area contributed by atoms with Crippen LogP contribution < -0.4 is 17.0 Å². The van der Waals surface area contributed by atoms with Gasteiger partial charge in [-0.05, 0) is 6.42 Å². The number of imidazole rings is 1. The van der Waals surface area contributed by atoms with Crippen LogP contribution in [0.1, 0.15) is 44.9 Å². The number of halogens is 1. The number of unbranched alkanes of at least 4 members (excludes halogenated alkanes) is 4. The van der Waals surface area contributed by atoms with Crippen LogP contribution in [-0.4, -0.2) is 4.98 Å². The largest absolute Gasteiger partial charge is 1.00 e. The van der Waals surface area contributed by atoms with Crippen molar-refractivity contribution >= 4 is 0 Å². The fourth-order valence-electron chi connectivity index (χ4n) is 1.58. The maximum absolute atomic E-state index is 3.26. The molecule has 0 unspecified atom stereocenters. The van der Waals surface area contributed by atoms with Crippen LogP contribution in [0, 0.1) is 0 Å². The Hall–Kier alpha value is -0.500. The number of nitrogens with one attached hydrogen (secondary N) is 1. The number of hydrogen-bond acceptors (Lipinski definition) is 0. The van der Waals surface area contributed by atoms with Gasteiger partial charge in [0.15, 0.2) is 0 Å². The Morgan fingerprint density at radius 3 is 2.50 bits per heavy atom. The van der Waals surface area contributed by atoms with E-state index >= 15 is 0 Å². The molecule has 0 amide bonds. The molecule has 0 aromatic carbocycles. The topological polar surface area (TPSA) is 19.7 Å². The lowest BCUT2D eigenvalue weighted by Crippen LogP contribution is -3.00. The van der Waals surface area contributed by atoms with E-state index in [-0.39, 0.29) is 12.4 Å². The van der Waals surface area contributed by atoms with Crippen molar-refractivity contribution in [1.82, 2.24) is 4.98 Å². The van der Waals surface area contributed by atoms with Crippen molar-refractivity contribution in [2.75, 3.05) is 0 Å². The molecule has 3 heteroatoms. The van der Waals surface area contributed by atoms with Gasteiger partial charge in [-0.1, -0.05) is 32.6 Å². The summed E-state index contributed by atoms with van der Waals surface area (Å²) in [5, 5.41) is 0. The minimum Gasteiger partial charge on any atom is -1.00 e. The second-order valence-corrected chi connectivity index (χ2v) is 3.68. The molecule has 0 aliphatic carbocycles. The van der Waals surface area contributed by atoms with Gasteiger partial charge in [-0.3, -0.25) is 0 Å². The molecular weight excluding hydrogens is 196 g/mol. The fraction of sp³-hybridized carbons (Fsp3) is 0.727. The predicted molar refractivity (Wildman–Crippen MR) is 54.4 cm³/mol. The minimum absolute atomic E-state index is 0. The highest BCUT2D eigenvalue weighted by molar-refractivity contribution is 4.76. The monoisotopic (exact) mass is 216 g/mol. The van der Waals surface area contributed by atoms with Crippen LogP contribution in [0.25, 0.3) is 0 Å². The Morgan fingerprint density at radius 2 is 1.93 bits per heavy atom. The zero-order valence-corrected chi connectivity index (χ0v) is 9.98. The van der Waals surface area contributed by atoms with E-state index in [2.05, 4.69) is 29.7 Å². The Bertz CT molecular complexity index is 233. The van der Waals surface area contributed by atoms with Crippen LogP contribution in [0.4, 0.5) is 0 Å². The molecule has 0 atom stereocenters. The van der Waals surface area contributed by atoms with E-state index in [9.17, 15) is 0 Å². The van der Waals surface area contributed by atoms with Crippen LogP contribution in [0.3, 0.4) is 0 Å². The molecule has 0 spiro atoms. The van der Waals surface area contributed by atoms with Gasteiger partial charge in [0, 0.05) is 6.42 Å². The Balaban J connectivity index is 0.00000169. The van der Waals surface area contributed by atoms with Gasteiger partial charge >= 0.3 is 0 Å². The van der Waals surface area contributed by atoms with Gasteiger partial charge in [0.25, 0.3) is 5.82 Å². The summed E-state index contributed by atoms with van der Waals surface area (Å²) in [5.74, 6) is 1.34. The number of rotatable bonds is 6. The summed E-state index contributed by atoms with van der Waals surface area (Å²) in [6.45, 7) is 2.25. The molecule has 0 aliphatic rings. The van der Waals surface area contributed by atoms with E-state index in [4.69, 9.17) is 0 Å². The Kier molecular flexibility index (Phi) is 7.58. The van der Waals surface area contributed by atoms with Crippen molar-refractivity contribution in [1.29, 1.82) is 0 Å². The maximum Gasteiger partial charge on any atom is 0.253 e. The summed E-state index contributed by atoms with van der Waals surface area (Å²) in [4.78, 5) is 3.26. The highest BCUT2D eigenvalue weighted by Crippen LogP contribution is 2.04. The average molecular weight is 217 g/mol. The molecule has 1 heterocycles. The van der Waals surface area contributed by atoms with E-state index in [0.29, 0.717) is 0 Å². The summed E-state index contributed by atoms with van der Waals surface area (Å²) < 4.78 is 2.17. The van der Waals surface area contributed by atoms with Crippen molar-refractivity contribution < 1.29 is 17.0 Å². The van der Waals surface area contributed by atoms with E-state index in [0.717, 1.165) is 0 Å². The summed E-state index contributed by atoms with van der Waals surface area (Å²) in [7, 11) is 2.10. The minimum atomic E-state index is 0. The first-order chi connectivity index (χ1) is 6.34. The van der Waals surface area contributed by atoms with Gasteiger partial charge in [0.1, 0.15) is 12.4 Å². The third-order valence-corrected chi connectivity index (χ3v) is 2.49. The zero-order chi connectivity index (χ0) is 9.52. The lowest BCUT2D eigenvalue weighted by Gasteiger charge is -1.97. The second-order valence-electron chi connectivity index (χ2n) is 3.68. The molecule has 0 fully saturated rings. The average Bonchev–Trinajstić information content (AvgIpc) is 2.52. The van der Waals surface area contributed by atoms with Crippen LogP contribution >= 0.6 is 0 Å². The molecule has 1 aromatic heterocycles. The van der Waals surface area contributed by atoms with Gasteiger partial charge in [-0.25, -0.2) is 9.55 Å². The summed E-state index contributed by atoms with van der Waals surface area (Å²) in [6, 6.07) is 0. The lowest BCUT2D eigenvalue weighted by molar-refractivity contribution is -0.677.